The second kappa shape index (κ2) is 7.70. The Morgan fingerprint density at radius 1 is 1.28 bits per heavy atom. The molecular formula is C18H23ClN4O2. The Kier molecular flexibility index (Phi) is 5.85. The predicted molar refractivity (Wildman–Crippen MR) is 101 cm³/mol. The smallest absolute Gasteiger partial charge is 0.419 e. The molecule has 2 rings (SSSR count). The average Bonchev–Trinajstić information content (AvgIpc) is 2.50. The number of nitrogens with zero attached hydrogens (tertiary/aromatic N) is 3. The van der Waals surface area contributed by atoms with Crippen molar-refractivity contribution in [2.45, 2.75) is 40.2 Å². The molecule has 134 valence electrons. The fraction of sp³-hybridized carbons (Fsp3) is 0.389. The van der Waals surface area contributed by atoms with Crippen LogP contribution in [0.3, 0.4) is 0 Å². The number of benzene rings is 1. The first-order chi connectivity index (χ1) is 11.7. The molecule has 1 aromatic heterocycles. The number of aromatic nitrogens is 2. The summed E-state index contributed by atoms with van der Waals surface area (Å²) in [7, 11) is 0. The lowest BCUT2D eigenvalue weighted by Crippen LogP contribution is -2.35. The molecular weight excluding hydrogens is 340 g/mol. The summed E-state index contributed by atoms with van der Waals surface area (Å²) >= 11 is 6.36. The van der Waals surface area contributed by atoms with Crippen molar-refractivity contribution in [1.29, 1.82) is 0 Å². The first-order valence-corrected chi connectivity index (χ1v) is 8.45. The van der Waals surface area contributed by atoms with Crippen molar-refractivity contribution in [3.63, 3.8) is 0 Å². The van der Waals surface area contributed by atoms with Gasteiger partial charge in [0.15, 0.2) is 5.82 Å². The van der Waals surface area contributed by atoms with E-state index in [1.807, 2.05) is 40.7 Å². The van der Waals surface area contributed by atoms with Crippen LogP contribution in [0.4, 0.5) is 22.0 Å². The summed E-state index contributed by atoms with van der Waals surface area (Å²) in [6.45, 7) is 9.86. The highest BCUT2D eigenvalue weighted by atomic mass is 35.5. The van der Waals surface area contributed by atoms with Crippen LogP contribution in [-0.4, -0.2) is 28.2 Å². The largest absolute Gasteiger partial charge is 0.443 e. The lowest BCUT2D eigenvalue weighted by Gasteiger charge is -2.29. The number of rotatable bonds is 4. The molecule has 0 bridgehead atoms. The van der Waals surface area contributed by atoms with Gasteiger partial charge in [0, 0.05) is 6.54 Å². The zero-order valence-electron chi connectivity index (χ0n) is 15.1. The molecule has 0 saturated heterocycles. The summed E-state index contributed by atoms with van der Waals surface area (Å²) in [4.78, 5) is 22.9. The number of carbonyl (C=O) groups excluding carboxylic acids is 1. The van der Waals surface area contributed by atoms with E-state index in [1.165, 1.54) is 11.2 Å². The van der Waals surface area contributed by atoms with E-state index in [0.29, 0.717) is 34.5 Å². The summed E-state index contributed by atoms with van der Waals surface area (Å²) in [5, 5.41) is 3.59. The zero-order chi connectivity index (χ0) is 18.6. The quantitative estimate of drug-likeness (QED) is 0.833. The van der Waals surface area contributed by atoms with Crippen LogP contribution >= 0.6 is 11.6 Å². The van der Waals surface area contributed by atoms with Crippen molar-refractivity contribution in [2.75, 3.05) is 16.8 Å². The summed E-state index contributed by atoms with van der Waals surface area (Å²) in [6, 6.07) is 7.10. The molecule has 1 N–H and O–H groups in total. The molecule has 25 heavy (non-hydrogen) atoms. The number of carbonyl (C=O) groups is 1. The Morgan fingerprint density at radius 2 is 1.96 bits per heavy atom. The zero-order valence-corrected chi connectivity index (χ0v) is 15.9. The molecule has 0 spiro atoms. The van der Waals surface area contributed by atoms with Gasteiger partial charge in [-0.15, -0.1) is 0 Å². The monoisotopic (exact) mass is 362 g/mol. The number of amides is 1. The third-order valence-corrected chi connectivity index (χ3v) is 3.56. The Morgan fingerprint density at radius 3 is 2.56 bits per heavy atom. The van der Waals surface area contributed by atoms with Crippen LogP contribution < -0.4 is 10.2 Å². The Labute approximate surface area is 153 Å². The maximum atomic E-state index is 13.0. The van der Waals surface area contributed by atoms with Crippen molar-refractivity contribution in [3.8, 4) is 0 Å². The van der Waals surface area contributed by atoms with Gasteiger partial charge < -0.3 is 10.1 Å². The molecule has 7 heteroatoms. The van der Waals surface area contributed by atoms with E-state index < -0.39 is 11.7 Å². The maximum Gasteiger partial charge on any atom is 0.419 e. The average molecular weight is 363 g/mol. The topological polar surface area (TPSA) is 67.4 Å². The first-order valence-electron chi connectivity index (χ1n) is 8.07. The van der Waals surface area contributed by atoms with Gasteiger partial charge in [0.2, 0.25) is 0 Å². The van der Waals surface area contributed by atoms with Gasteiger partial charge in [-0.3, -0.25) is 0 Å². The molecule has 0 unspecified atom stereocenters. The second-order valence-electron chi connectivity index (χ2n) is 6.45. The van der Waals surface area contributed by atoms with Crippen LogP contribution in [0, 0.1) is 6.92 Å². The molecule has 0 aliphatic carbocycles. The van der Waals surface area contributed by atoms with Crippen molar-refractivity contribution in [2.24, 2.45) is 0 Å². The minimum atomic E-state index is -0.654. The summed E-state index contributed by atoms with van der Waals surface area (Å²) in [6.07, 6.45) is 0.911. The number of anilines is 3. The van der Waals surface area contributed by atoms with Crippen LogP contribution in [0.2, 0.25) is 5.02 Å². The molecule has 1 aromatic carbocycles. The lowest BCUT2D eigenvalue weighted by atomic mass is 10.2. The molecule has 0 fully saturated rings. The van der Waals surface area contributed by atoms with Crippen molar-refractivity contribution >= 4 is 34.9 Å². The Balaban J connectivity index is 2.65. The van der Waals surface area contributed by atoms with Crippen LogP contribution in [0.1, 0.15) is 33.4 Å². The van der Waals surface area contributed by atoms with Gasteiger partial charge in [-0.2, -0.15) is 0 Å². The second-order valence-corrected chi connectivity index (χ2v) is 6.86. The fourth-order valence-corrected chi connectivity index (χ4v) is 2.50. The van der Waals surface area contributed by atoms with Crippen LogP contribution in [0.15, 0.2) is 30.6 Å². The van der Waals surface area contributed by atoms with Crippen molar-refractivity contribution in [3.05, 3.63) is 41.3 Å². The molecule has 0 aliphatic rings. The van der Waals surface area contributed by atoms with Gasteiger partial charge in [0.25, 0.3) is 0 Å². The van der Waals surface area contributed by atoms with Gasteiger partial charge in [0.1, 0.15) is 17.6 Å². The van der Waals surface area contributed by atoms with E-state index in [9.17, 15) is 4.79 Å². The van der Waals surface area contributed by atoms with Crippen LogP contribution in [-0.2, 0) is 4.74 Å². The third kappa shape index (κ3) is 4.60. The predicted octanol–water partition coefficient (Wildman–Crippen LogP) is 4.94. The van der Waals surface area contributed by atoms with Gasteiger partial charge in [-0.05, 0) is 46.8 Å². The number of halogens is 1. The van der Waals surface area contributed by atoms with Crippen molar-refractivity contribution < 1.29 is 9.53 Å². The van der Waals surface area contributed by atoms with Gasteiger partial charge in [-0.25, -0.2) is 19.7 Å². The van der Waals surface area contributed by atoms with E-state index >= 15 is 0 Å². The molecule has 0 atom stereocenters. The van der Waals surface area contributed by atoms with Crippen LogP contribution in [0.25, 0.3) is 0 Å². The number of hydrogen-bond acceptors (Lipinski definition) is 5. The number of ether oxygens (including phenoxy) is 1. The van der Waals surface area contributed by atoms with E-state index in [2.05, 4.69) is 15.3 Å². The molecule has 0 saturated carbocycles. The summed E-state index contributed by atoms with van der Waals surface area (Å²) in [5.74, 6) is 0.542. The first kappa shape index (κ1) is 19.0. The minimum absolute atomic E-state index is 0.430. The van der Waals surface area contributed by atoms with Gasteiger partial charge in [0.05, 0.1) is 16.4 Å². The maximum absolute atomic E-state index is 13.0. The highest BCUT2D eigenvalue weighted by Gasteiger charge is 2.30. The standard InChI is InChI=1S/C18H23ClN4O2/c1-6-20-16-15(12(2)21-11-22-16)23(17(24)25-18(3,4)5)14-10-8-7-9-13(14)19/h7-11H,6H2,1-5H3,(H,20,21,22). The van der Waals surface area contributed by atoms with E-state index in [4.69, 9.17) is 16.3 Å². The Bertz CT molecular complexity index is 759. The molecule has 1 amide bonds. The summed E-state index contributed by atoms with van der Waals surface area (Å²) < 4.78 is 5.60. The van der Waals surface area contributed by atoms with E-state index in [0.717, 1.165) is 0 Å². The molecule has 6 nitrogen and oxygen atoms in total. The number of para-hydroxylation sites is 1. The highest BCUT2D eigenvalue weighted by molar-refractivity contribution is 6.34. The summed E-state index contributed by atoms with van der Waals surface area (Å²) in [5.41, 5.74) is 1.01. The van der Waals surface area contributed by atoms with Crippen LogP contribution in [0.5, 0.6) is 0 Å². The van der Waals surface area contributed by atoms with E-state index in [1.54, 1.807) is 18.2 Å². The highest BCUT2D eigenvalue weighted by Crippen LogP contribution is 2.37. The number of hydrogen-bond donors (Lipinski definition) is 1. The normalized spacial score (nSPS) is 11.1. The SMILES string of the molecule is CCNc1ncnc(C)c1N(C(=O)OC(C)(C)C)c1ccccc1Cl. The number of aryl methyl sites for hydroxylation is 1. The molecule has 1 heterocycles. The van der Waals surface area contributed by atoms with Gasteiger partial charge >= 0.3 is 6.09 Å². The van der Waals surface area contributed by atoms with E-state index in [-0.39, 0.29) is 0 Å². The minimum Gasteiger partial charge on any atom is -0.443 e. The lowest BCUT2D eigenvalue weighted by molar-refractivity contribution is 0.0599. The molecule has 0 aliphatic heterocycles. The Hall–Kier alpha value is -2.34. The molecule has 0 radical (unpaired) electrons. The number of nitrogens with one attached hydrogen (secondary N) is 1. The van der Waals surface area contributed by atoms with Gasteiger partial charge in [-0.1, -0.05) is 23.7 Å². The fourth-order valence-electron chi connectivity index (χ4n) is 2.28. The molecule has 2 aromatic rings. The van der Waals surface area contributed by atoms with Crippen molar-refractivity contribution in [1.82, 2.24) is 9.97 Å². The third-order valence-electron chi connectivity index (χ3n) is 3.24.